The molecule has 0 spiro atoms. The Bertz CT molecular complexity index is 1110. The number of epoxide rings is 1. The van der Waals surface area contributed by atoms with Gasteiger partial charge in [-0.3, -0.25) is 4.79 Å². The van der Waals surface area contributed by atoms with Gasteiger partial charge in [0.1, 0.15) is 5.60 Å². The maximum absolute atomic E-state index is 13.1. The van der Waals surface area contributed by atoms with Gasteiger partial charge < -0.3 is 15.0 Å². The molecule has 7 heteroatoms. The molecule has 1 atom stereocenters. The Hall–Kier alpha value is -2.80. The molecule has 1 amide bonds. The second-order valence-corrected chi connectivity index (χ2v) is 7.24. The zero-order chi connectivity index (χ0) is 19.0. The SMILES string of the molecule is CC1(c2ccc3c(c2)-c2[nH]c4ccc(C(F)(F)F)cc4c2CC(=O)N3)CO1. The Balaban J connectivity index is 1.76. The van der Waals surface area contributed by atoms with Gasteiger partial charge in [-0.1, -0.05) is 6.07 Å². The highest BCUT2D eigenvalue weighted by Gasteiger charge is 2.41. The third-order valence-corrected chi connectivity index (χ3v) is 5.32. The van der Waals surface area contributed by atoms with Crippen LogP contribution < -0.4 is 5.32 Å². The molecule has 0 aliphatic carbocycles. The first-order valence-electron chi connectivity index (χ1n) is 8.55. The topological polar surface area (TPSA) is 57.4 Å². The minimum atomic E-state index is -4.44. The molecule has 1 fully saturated rings. The normalized spacial score (nSPS) is 21.4. The van der Waals surface area contributed by atoms with E-state index in [-0.39, 0.29) is 17.9 Å². The summed E-state index contributed by atoms with van der Waals surface area (Å²) in [7, 11) is 0. The first kappa shape index (κ1) is 16.4. The number of aromatic amines is 1. The Morgan fingerprint density at radius 1 is 1.15 bits per heavy atom. The molecule has 5 rings (SSSR count). The number of amides is 1. The summed E-state index contributed by atoms with van der Waals surface area (Å²) >= 11 is 0. The van der Waals surface area contributed by atoms with Crippen LogP contribution in [0.5, 0.6) is 0 Å². The third kappa shape index (κ3) is 2.53. The van der Waals surface area contributed by atoms with Gasteiger partial charge in [0.05, 0.1) is 30.0 Å². The van der Waals surface area contributed by atoms with E-state index in [2.05, 4.69) is 10.3 Å². The van der Waals surface area contributed by atoms with Crippen LogP contribution in [0.1, 0.15) is 23.6 Å². The van der Waals surface area contributed by atoms with Crippen LogP contribution in [0, 0.1) is 0 Å². The highest BCUT2D eigenvalue weighted by Crippen LogP contribution is 2.44. The van der Waals surface area contributed by atoms with E-state index < -0.39 is 11.7 Å². The predicted molar refractivity (Wildman–Crippen MR) is 94.4 cm³/mol. The lowest BCUT2D eigenvalue weighted by atomic mass is 9.96. The molecule has 3 aromatic rings. The largest absolute Gasteiger partial charge is 0.416 e. The highest BCUT2D eigenvalue weighted by atomic mass is 19.4. The molecule has 2 aliphatic heterocycles. The van der Waals surface area contributed by atoms with Crippen LogP contribution in [-0.2, 0) is 27.7 Å². The van der Waals surface area contributed by atoms with Gasteiger partial charge in [-0.2, -0.15) is 13.2 Å². The van der Waals surface area contributed by atoms with Crippen molar-refractivity contribution in [2.45, 2.75) is 25.1 Å². The van der Waals surface area contributed by atoms with Gasteiger partial charge in [0.25, 0.3) is 0 Å². The van der Waals surface area contributed by atoms with Crippen LogP contribution in [0.2, 0.25) is 0 Å². The summed E-state index contributed by atoms with van der Waals surface area (Å²) in [6.07, 6.45) is -4.43. The Morgan fingerprint density at radius 3 is 2.63 bits per heavy atom. The molecule has 138 valence electrons. The quantitative estimate of drug-likeness (QED) is 0.614. The summed E-state index contributed by atoms with van der Waals surface area (Å²) in [6.45, 7) is 2.60. The number of aromatic nitrogens is 1. The number of nitrogens with one attached hydrogen (secondary N) is 2. The first-order chi connectivity index (χ1) is 12.7. The summed E-state index contributed by atoms with van der Waals surface area (Å²) in [6, 6.07) is 9.23. The minimum absolute atomic E-state index is 0.00836. The molecule has 1 unspecified atom stereocenters. The van der Waals surface area contributed by atoms with E-state index in [0.29, 0.717) is 34.5 Å². The second-order valence-electron chi connectivity index (χ2n) is 7.24. The van der Waals surface area contributed by atoms with E-state index in [0.717, 1.165) is 23.3 Å². The molecule has 0 bridgehead atoms. The average molecular weight is 372 g/mol. The van der Waals surface area contributed by atoms with Crippen molar-refractivity contribution in [2.75, 3.05) is 11.9 Å². The molecule has 3 heterocycles. The van der Waals surface area contributed by atoms with Gasteiger partial charge in [-0.15, -0.1) is 0 Å². The number of alkyl halides is 3. The lowest BCUT2D eigenvalue weighted by Gasteiger charge is -2.12. The van der Waals surface area contributed by atoms with Gasteiger partial charge in [0, 0.05) is 16.5 Å². The molecule has 0 radical (unpaired) electrons. The van der Waals surface area contributed by atoms with Gasteiger partial charge in [0.15, 0.2) is 0 Å². The molecule has 1 saturated heterocycles. The Labute approximate surface area is 152 Å². The number of H-pyrrole nitrogens is 1. The predicted octanol–water partition coefficient (Wildman–Crippen LogP) is 4.59. The van der Waals surface area contributed by atoms with Crippen LogP contribution in [0.25, 0.3) is 22.2 Å². The van der Waals surface area contributed by atoms with Gasteiger partial charge in [0.2, 0.25) is 5.91 Å². The van der Waals surface area contributed by atoms with Gasteiger partial charge in [-0.25, -0.2) is 0 Å². The van der Waals surface area contributed by atoms with E-state index in [1.807, 2.05) is 25.1 Å². The van der Waals surface area contributed by atoms with Crippen LogP contribution in [0.15, 0.2) is 36.4 Å². The van der Waals surface area contributed by atoms with Gasteiger partial charge >= 0.3 is 6.18 Å². The number of rotatable bonds is 1. The number of hydrogen-bond acceptors (Lipinski definition) is 2. The fourth-order valence-electron chi connectivity index (χ4n) is 3.66. The number of benzene rings is 2. The number of ether oxygens (including phenoxy) is 1. The Kier molecular flexibility index (Phi) is 3.11. The van der Waals surface area contributed by atoms with Gasteiger partial charge in [-0.05, 0) is 48.4 Å². The number of halogens is 3. The Morgan fingerprint density at radius 2 is 1.93 bits per heavy atom. The molecular formula is C20H15F3N2O2. The molecule has 2 aliphatic rings. The van der Waals surface area contributed by atoms with Crippen molar-refractivity contribution in [3.8, 4) is 11.3 Å². The molecule has 2 N–H and O–H groups in total. The fraction of sp³-hybridized carbons (Fsp3) is 0.250. The highest BCUT2D eigenvalue weighted by molar-refractivity contribution is 6.05. The maximum Gasteiger partial charge on any atom is 0.416 e. The van der Waals surface area contributed by atoms with Crippen molar-refractivity contribution in [3.63, 3.8) is 0 Å². The average Bonchev–Trinajstić information content (AvgIpc) is 3.29. The molecule has 1 aromatic heterocycles. The monoisotopic (exact) mass is 372 g/mol. The molecule has 0 saturated carbocycles. The van der Waals surface area contributed by atoms with Crippen LogP contribution in [0.4, 0.5) is 18.9 Å². The number of fused-ring (bicyclic) bond motifs is 5. The van der Waals surface area contributed by atoms with Crippen molar-refractivity contribution < 1.29 is 22.7 Å². The van der Waals surface area contributed by atoms with Crippen molar-refractivity contribution in [1.82, 2.24) is 4.98 Å². The molecular weight excluding hydrogens is 357 g/mol. The van der Waals surface area contributed by atoms with Crippen molar-refractivity contribution in [3.05, 3.63) is 53.1 Å². The lowest BCUT2D eigenvalue weighted by Crippen LogP contribution is -2.13. The zero-order valence-electron chi connectivity index (χ0n) is 14.3. The third-order valence-electron chi connectivity index (χ3n) is 5.32. The van der Waals surface area contributed by atoms with Crippen molar-refractivity contribution in [2.24, 2.45) is 0 Å². The van der Waals surface area contributed by atoms with Crippen LogP contribution in [0.3, 0.4) is 0 Å². The van der Waals surface area contributed by atoms with Crippen LogP contribution >= 0.6 is 0 Å². The fourth-order valence-corrected chi connectivity index (χ4v) is 3.66. The zero-order valence-corrected chi connectivity index (χ0v) is 14.3. The summed E-state index contributed by atoms with van der Waals surface area (Å²) < 4.78 is 44.9. The van der Waals surface area contributed by atoms with Crippen LogP contribution in [-0.4, -0.2) is 17.5 Å². The number of carbonyl (C=O) groups excluding carboxylic acids is 1. The number of carbonyl (C=O) groups is 1. The minimum Gasteiger partial charge on any atom is -0.365 e. The van der Waals surface area contributed by atoms with E-state index in [1.165, 1.54) is 6.07 Å². The molecule has 2 aromatic carbocycles. The summed E-state index contributed by atoms with van der Waals surface area (Å²) in [5.74, 6) is -0.255. The van der Waals surface area contributed by atoms with E-state index in [1.54, 1.807) is 0 Å². The number of hydrogen-bond donors (Lipinski definition) is 2. The van der Waals surface area contributed by atoms with E-state index in [9.17, 15) is 18.0 Å². The standard InChI is InChI=1S/C20H15F3N2O2/c1-19(9-27-19)10-2-4-16-14(6-10)18-13(8-17(26)24-16)12-7-11(20(21,22)23)3-5-15(12)25-18/h2-7,25H,8-9H2,1H3,(H,24,26). The maximum atomic E-state index is 13.1. The lowest BCUT2D eigenvalue weighted by molar-refractivity contribution is -0.137. The van der Waals surface area contributed by atoms with E-state index in [4.69, 9.17) is 4.74 Å². The smallest absolute Gasteiger partial charge is 0.365 e. The van der Waals surface area contributed by atoms with Crippen molar-refractivity contribution >= 4 is 22.5 Å². The summed E-state index contributed by atoms with van der Waals surface area (Å²) in [5.41, 5.74) is 3.11. The first-order valence-corrected chi connectivity index (χ1v) is 8.55. The second kappa shape index (κ2) is 5.13. The molecule has 27 heavy (non-hydrogen) atoms. The van der Waals surface area contributed by atoms with Crippen molar-refractivity contribution in [1.29, 1.82) is 0 Å². The summed E-state index contributed by atoms with van der Waals surface area (Å²) in [4.78, 5) is 15.6. The summed E-state index contributed by atoms with van der Waals surface area (Å²) in [5, 5.41) is 3.26. The number of anilines is 1. The van der Waals surface area contributed by atoms with E-state index >= 15 is 0 Å². The molecule has 4 nitrogen and oxygen atoms in total.